The SMILES string of the molecule is CC1CCc2ccccc2N1c1c(Cl)cccc1CCl. The van der Waals surface area contributed by atoms with Crippen LogP contribution in [0.4, 0.5) is 11.4 Å². The Hall–Kier alpha value is -1.18. The summed E-state index contributed by atoms with van der Waals surface area (Å²) in [5.74, 6) is 0.473. The van der Waals surface area contributed by atoms with Gasteiger partial charge in [0.1, 0.15) is 0 Å². The van der Waals surface area contributed by atoms with Gasteiger partial charge in [0.25, 0.3) is 0 Å². The predicted octanol–water partition coefficient (Wildman–Crippen LogP) is 5.55. The third-order valence-electron chi connectivity index (χ3n) is 3.98. The molecule has 1 aliphatic heterocycles. The number of aryl methyl sites for hydroxylation is 1. The van der Waals surface area contributed by atoms with Crippen molar-refractivity contribution in [2.24, 2.45) is 0 Å². The predicted molar refractivity (Wildman–Crippen MR) is 87.4 cm³/mol. The lowest BCUT2D eigenvalue weighted by atomic mass is 9.95. The maximum atomic E-state index is 6.47. The van der Waals surface area contributed by atoms with E-state index < -0.39 is 0 Å². The molecule has 0 fully saturated rings. The van der Waals surface area contributed by atoms with E-state index in [1.807, 2.05) is 12.1 Å². The van der Waals surface area contributed by atoms with Crippen LogP contribution in [0.5, 0.6) is 0 Å². The molecule has 20 heavy (non-hydrogen) atoms. The van der Waals surface area contributed by atoms with Crippen LogP contribution in [0.2, 0.25) is 5.02 Å². The highest BCUT2D eigenvalue weighted by molar-refractivity contribution is 6.34. The van der Waals surface area contributed by atoms with Gasteiger partial charge >= 0.3 is 0 Å². The summed E-state index contributed by atoms with van der Waals surface area (Å²) in [7, 11) is 0. The normalized spacial score (nSPS) is 17.9. The number of alkyl halides is 1. The fourth-order valence-corrected chi connectivity index (χ4v) is 3.47. The Kier molecular flexibility index (Phi) is 3.91. The Morgan fingerprint density at radius 3 is 2.75 bits per heavy atom. The van der Waals surface area contributed by atoms with Crippen molar-refractivity contribution in [1.29, 1.82) is 0 Å². The first-order valence-electron chi connectivity index (χ1n) is 6.93. The molecule has 1 nitrogen and oxygen atoms in total. The fraction of sp³-hybridized carbons (Fsp3) is 0.294. The summed E-state index contributed by atoms with van der Waals surface area (Å²) < 4.78 is 0. The molecule has 0 aromatic heterocycles. The van der Waals surface area contributed by atoms with E-state index in [0.29, 0.717) is 11.9 Å². The largest absolute Gasteiger partial charge is 0.337 e. The summed E-state index contributed by atoms with van der Waals surface area (Å²) in [6.45, 7) is 2.25. The molecule has 0 spiro atoms. The maximum absolute atomic E-state index is 6.47. The van der Waals surface area contributed by atoms with Gasteiger partial charge in [-0.05, 0) is 43.0 Å². The van der Waals surface area contributed by atoms with Gasteiger partial charge in [-0.2, -0.15) is 0 Å². The van der Waals surface area contributed by atoms with Crippen LogP contribution in [0.15, 0.2) is 42.5 Å². The monoisotopic (exact) mass is 305 g/mol. The van der Waals surface area contributed by atoms with Crippen molar-refractivity contribution in [2.75, 3.05) is 4.90 Å². The van der Waals surface area contributed by atoms with Gasteiger partial charge in [0.2, 0.25) is 0 Å². The minimum atomic E-state index is 0.423. The van der Waals surface area contributed by atoms with Crippen LogP contribution in [0.1, 0.15) is 24.5 Å². The summed E-state index contributed by atoms with van der Waals surface area (Å²) in [5, 5.41) is 0.770. The number of nitrogens with zero attached hydrogens (tertiary/aromatic N) is 1. The number of benzene rings is 2. The minimum absolute atomic E-state index is 0.423. The number of hydrogen-bond acceptors (Lipinski definition) is 1. The van der Waals surface area contributed by atoms with E-state index in [1.165, 1.54) is 11.3 Å². The Morgan fingerprint density at radius 2 is 1.95 bits per heavy atom. The maximum Gasteiger partial charge on any atom is 0.0647 e. The molecule has 2 aromatic rings. The van der Waals surface area contributed by atoms with E-state index in [1.54, 1.807) is 0 Å². The second kappa shape index (κ2) is 5.67. The van der Waals surface area contributed by atoms with E-state index >= 15 is 0 Å². The third-order valence-corrected chi connectivity index (χ3v) is 4.57. The molecule has 104 valence electrons. The van der Waals surface area contributed by atoms with Crippen LogP contribution >= 0.6 is 23.2 Å². The number of rotatable bonds is 2. The zero-order valence-corrected chi connectivity index (χ0v) is 13.0. The Morgan fingerprint density at radius 1 is 1.15 bits per heavy atom. The number of fused-ring (bicyclic) bond motifs is 1. The van der Waals surface area contributed by atoms with E-state index in [4.69, 9.17) is 23.2 Å². The fourth-order valence-electron chi connectivity index (χ4n) is 2.97. The van der Waals surface area contributed by atoms with Gasteiger partial charge < -0.3 is 4.90 Å². The van der Waals surface area contributed by atoms with Gasteiger partial charge in [-0.1, -0.05) is 41.9 Å². The summed E-state index contributed by atoms with van der Waals surface area (Å²) in [5.41, 5.74) is 4.78. The summed E-state index contributed by atoms with van der Waals surface area (Å²) in [6, 6.07) is 14.9. The van der Waals surface area contributed by atoms with Crippen LogP contribution in [0, 0.1) is 0 Å². The molecule has 0 bridgehead atoms. The van der Waals surface area contributed by atoms with Gasteiger partial charge in [0.05, 0.1) is 10.7 Å². The average molecular weight is 306 g/mol. The lowest BCUT2D eigenvalue weighted by Crippen LogP contribution is -2.34. The Bertz CT molecular complexity index is 624. The van der Waals surface area contributed by atoms with Crippen molar-refractivity contribution >= 4 is 34.6 Å². The van der Waals surface area contributed by atoms with Gasteiger partial charge in [-0.25, -0.2) is 0 Å². The molecule has 1 unspecified atom stereocenters. The zero-order valence-electron chi connectivity index (χ0n) is 11.4. The van der Waals surface area contributed by atoms with Crippen molar-refractivity contribution in [3.63, 3.8) is 0 Å². The van der Waals surface area contributed by atoms with Crippen LogP contribution in [0.3, 0.4) is 0 Å². The molecule has 1 aliphatic rings. The summed E-state index contributed by atoms with van der Waals surface area (Å²) in [4.78, 5) is 2.35. The molecule has 3 heteroatoms. The third kappa shape index (κ3) is 2.30. The highest BCUT2D eigenvalue weighted by Gasteiger charge is 2.27. The first-order chi connectivity index (χ1) is 9.72. The van der Waals surface area contributed by atoms with Gasteiger partial charge in [-0.3, -0.25) is 0 Å². The molecule has 3 rings (SSSR count). The van der Waals surface area contributed by atoms with E-state index in [0.717, 1.165) is 29.1 Å². The number of para-hydroxylation sites is 2. The van der Waals surface area contributed by atoms with Crippen LogP contribution < -0.4 is 4.90 Å². The second-order valence-corrected chi connectivity index (χ2v) is 5.94. The highest BCUT2D eigenvalue weighted by Crippen LogP contribution is 2.42. The lowest BCUT2D eigenvalue weighted by molar-refractivity contribution is 0.617. The van der Waals surface area contributed by atoms with Gasteiger partial charge in [0, 0.05) is 17.6 Å². The van der Waals surface area contributed by atoms with E-state index in [9.17, 15) is 0 Å². The highest BCUT2D eigenvalue weighted by atomic mass is 35.5. The number of anilines is 2. The smallest absolute Gasteiger partial charge is 0.0647 e. The molecular weight excluding hydrogens is 289 g/mol. The summed E-state index contributed by atoms with van der Waals surface area (Å²) in [6.07, 6.45) is 2.25. The Balaban J connectivity index is 2.19. The van der Waals surface area contributed by atoms with Crippen molar-refractivity contribution in [2.45, 2.75) is 31.7 Å². The topological polar surface area (TPSA) is 3.24 Å². The first kappa shape index (κ1) is 13.8. The van der Waals surface area contributed by atoms with Crippen LogP contribution in [0.25, 0.3) is 0 Å². The quantitative estimate of drug-likeness (QED) is 0.657. The van der Waals surface area contributed by atoms with E-state index in [-0.39, 0.29) is 0 Å². The molecule has 0 saturated heterocycles. The minimum Gasteiger partial charge on any atom is -0.337 e. The molecular formula is C17H17Cl2N. The number of hydrogen-bond donors (Lipinski definition) is 0. The Labute approximate surface area is 130 Å². The van der Waals surface area contributed by atoms with Gasteiger partial charge in [-0.15, -0.1) is 11.6 Å². The molecule has 0 radical (unpaired) electrons. The van der Waals surface area contributed by atoms with Crippen molar-refractivity contribution in [1.82, 2.24) is 0 Å². The average Bonchev–Trinajstić information content (AvgIpc) is 2.48. The van der Waals surface area contributed by atoms with Crippen molar-refractivity contribution in [3.05, 3.63) is 58.6 Å². The lowest BCUT2D eigenvalue weighted by Gasteiger charge is -2.38. The first-order valence-corrected chi connectivity index (χ1v) is 7.84. The molecule has 0 aliphatic carbocycles. The van der Waals surface area contributed by atoms with E-state index in [2.05, 4.69) is 42.2 Å². The molecule has 0 N–H and O–H groups in total. The molecule has 0 saturated carbocycles. The van der Waals surface area contributed by atoms with Crippen LogP contribution in [-0.4, -0.2) is 6.04 Å². The summed E-state index contributed by atoms with van der Waals surface area (Å²) >= 11 is 12.6. The molecule has 1 heterocycles. The number of halogens is 2. The molecule has 1 atom stereocenters. The zero-order chi connectivity index (χ0) is 14.1. The van der Waals surface area contributed by atoms with Gasteiger partial charge in [0.15, 0.2) is 0 Å². The molecule has 0 amide bonds. The van der Waals surface area contributed by atoms with Crippen molar-refractivity contribution in [3.8, 4) is 0 Å². The van der Waals surface area contributed by atoms with Crippen LogP contribution in [-0.2, 0) is 12.3 Å². The van der Waals surface area contributed by atoms with Crippen molar-refractivity contribution < 1.29 is 0 Å². The molecule has 2 aromatic carbocycles. The standard InChI is InChI=1S/C17H17Cl2N/c1-12-9-10-13-5-2-3-8-16(13)20(12)17-14(11-18)6-4-7-15(17)19/h2-8,12H,9-11H2,1H3. The second-order valence-electron chi connectivity index (χ2n) is 5.27.